The van der Waals surface area contributed by atoms with E-state index in [2.05, 4.69) is 10.4 Å². The van der Waals surface area contributed by atoms with E-state index in [9.17, 15) is 13.2 Å². The minimum Gasteiger partial charge on any atom is -0.497 e. The molecular formula is C20H25N3O4S. The first-order chi connectivity index (χ1) is 13.5. The number of carbonyl (C=O) groups excluding carboxylic acids is 1. The summed E-state index contributed by atoms with van der Waals surface area (Å²) in [6.45, 7) is 0.508. The van der Waals surface area contributed by atoms with Crippen LogP contribution in [0.5, 0.6) is 5.75 Å². The lowest BCUT2D eigenvalue weighted by atomic mass is 10.1. The van der Waals surface area contributed by atoms with Crippen LogP contribution in [0.3, 0.4) is 0 Å². The molecule has 1 aromatic carbocycles. The van der Waals surface area contributed by atoms with Crippen LogP contribution in [0.1, 0.15) is 46.2 Å². The predicted molar refractivity (Wildman–Crippen MR) is 106 cm³/mol. The summed E-state index contributed by atoms with van der Waals surface area (Å²) in [6.07, 6.45) is 3.91. The number of hydrogen-bond donors (Lipinski definition) is 1. The Morgan fingerprint density at radius 1 is 1.29 bits per heavy atom. The first kappa shape index (κ1) is 19.0. The number of benzene rings is 1. The van der Waals surface area contributed by atoms with Gasteiger partial charge in [-0.3, -0.25) is 9.48 Å². The van der Waals surface area contributed by atoms with E-state index in [1.165, 1.54) is 0 Å². The fraction of sp³-hybridized carbons (Fsp3) is 0.500. The minimum absolute atomic E-state index is 0.0691. The molecule has 0 bridgehead atoms. The van der Waals surface area contributed by atoms with E-state index < -0.39 is 9.84 Å². The Morgan fingerprint density at radius 3 is 2.75 bits per heavy atom. The van der Waals surface area contributed by atoms with Crippen molar-refractivity contribution in [3.8, 4) is 5.75 Å². The molecular weight excluding hydrogens is 378 g/mol. The molecule has 28 heavy (non-hydrogen) atoms. The molecule has 2 heterocycles. The summed E-state index contributed by atoms with van der Waals surface area (Å²) in [5, 5.41) is 7.62. The number of sulfone groups is 1. The second-order valence-electron chi connectivity index (χ2n) is 7.48. The van der Waals surface area contributed by atoms with Crippen LogP contribution in [0, 0.1) is 0 Å². The summed E-state index contributed by atoms with van der Waals surface area (Å²) in [7, 11) is -1.41. The average Bonchev–Trinajstić information content (AvgIpc) is 3.35. The Hall–Kier alpha value is -2.35. The van der Waals surface area contributed by atoms with Gasteiger partial charge in [-0.1, -0.05) is 12.1 Å². The zero-order chi connectivity index (χ0) is 19.7. The van der Waals surface area contributed by atoms with Gasteiger partial charge >= 0.3 is 0 Å². The number of hydrogen-bond acceptors (Lipinski definition) is 5. The van der Waals surface area contributed by atoms with Crippen LogP contribution in [0.2, 0.25) is 0 Å². The highest BCUT2D eigenvalue weighted by Gasteiger charge is 2.35. The molecule has 0 radical (unpaired) electrons. The largest absolute Gasteiger partial charge is 0.497 e. The van der Waals surface area contributed by atoms with Gasteiger partial charge in [0.15, 0.2) is 9.84 Å². The predicted octanol–water partition coefficient (Wildman–Crippen LogP) is 1.71. The number of nitrogens with zero attached hydrogens (tertiary/aromatic N) is 2. The van der Waals surface area contributed by atoms with E-state index in [1.807, 2.05) is 24.3 Å². The van der Waals surface area contributed by atoms with Crippen LogP contribution < -0.4 is 10.1 Å². The first-order valence-electron chi connectivity index (χ1n) is 9.68. The normalized spacial score (nSPS) is 20.1. The first-order valence-corrected chi connectivity index (χ1v) is 11.5. The van der Waals surface area contributed by atoms with E-state index >= 15 is 0 Å². The third kappa shape index (κ3) is 3.78. The maximum atomic E-state index is 13.0. The van der Waals surface area contributed by atoms with Gasteiger partial charge in [-0.05, 0) is 49.8 Å². The third-order valence-corrected chi connectivity index (χ3v) is 7.31. The molecule has 4 rings (SSSR count). The van der Waals surface area contributed by atoms with Gasteiger partial charge in [-0.2, -0.15) is 5.10 Å². The molecule has 1 aliphatic heterocycles. The molecule has 0 unspecified atom stereocenters. The van der Waals surface area contributed by atoms with Crippen LogP contribution in [0.25, 0.3) is 0 Å². The number of methoxy groups -OCH3 is 1. The summed E-state index contributed by atoms with van der Waals surface area (Å²) >= 11 is 0. The molecule has 1 N–H and O–H groups in total. The molecule has 1 saturated heterocycles. The van der Waals surface area contributed by atoms with Crippen LogP contribution >= 0.6 is 0 Å². The number of amides is 1. The molecule has 1 atom stereocenters. The maximum Gasteiger partial charge on any atom is 0.269 e. The SMILES string of the molecule is COc1ccc(CCNC(=O)c2c3c(nn2[C@H]2CCS(=O)(=O)C2)CCC3)cc1. The quantitative estimate of drug-likeness (QED) is 0.793. The lowest BCUT2D eigenvalue weighted by Gasteiger charge is -2.14. The van der Waals surface area contributed by atoms with Gasteiger partial charge in [0.1, 0.15) is 11.4 Å². The monoisotopic (exact) mass is 403 g/mol. The van der Waals surface area contributed by atoms with Crippen molar-refractivity contribution < 1.29 is 17.9 Å². The Labute approximate surface area is 165 Å². The van der Waals surface area contributed by atoms with Crippen molar-refractivity contribution in [2.75, 3.05) is 25.2 Å². The molecule has 0 saturated carbocycles. The highest BCUT2D eigenvalue weighted by molar-refractivity contribution is 7.91. The second-order valence-corrected chi connectivity index (χ2v) is 9.71. The number of fused-ring (bicyclic) bond motifs is 1. The molecule has 0 spiro atoms. The molecule has 1 aliphatic carbocycles. The highest BCUT2D eigenvalue weighted by Crippen LogP contribution is 2.31. The molecule has 8 heteroatoms. The lowest BCUT2D eigenvalue weighted by Crippen LogP contribution is -2.30. The van der Waals surface area contributed by atoms with Crippen molar-refractivity contribution in [2.24, 2.45) is 0 Å². The van der Waals surface area contributed by atoms with Gasteiger partial charge in [-0.15, -0.1) is 0 Å². The van der Waals surface area contributed by atoms with Crippen molar-refractivity contribution in [2.45, 2.75) is 38.1 Å². The molecule has 7 nitrogen and oxygen atoms in total. The molecule has 1 fully saturated rings. The van der Waals surface area contributed by atoms with Crippen LogP contribution in [-0.4, -0.2) is 49.3 Å². The van der Waals surface area contributed by atoms with E-state index in [1.54, 1.807) is 11.8 Å². The summed E-state index contributed by atoms with van der Waals surface area (Å²) in [5.74, 6) is 0.882. The van der Waals surface area contributed by atoms with Gasteiger partial charge in [-0.25, -0.2) is 8.42 Å². The van der Waals surface area contributed by atoms with E-state index in [0.29, 0.717) is 25.1 Å². The zero-order valence-electron chi connectivity index (χ0n) is 16.0. The van der Waals surface area contributed by atoms with Gasteiger partial charge in [0.2, 0.25) is 0 Å². The van der Waals surface area contributed by atoms with Crippen LogP contribution in [-0.2, 0) is 29.1 Å². The Balaban J connectivity index is 1.47. The summed E-state index contributed by atoms with van der Waals surface area (Å²) in [5.41, 5.74) is 3.61. The smallest absolute Gasteiger partial charge is 0.269 e. The fourth-order valence-electron chi connectivity index (χ4n) is 4.08. The molecule has 1 amide bonds. The number of carbonyl (C=O) groups is 1. The molecule has 2 aliphatic rings. The summed E-state index contributed by atoms with van der Waals surface area (Å²) in [4.78, 5) is 13.0. The standard InChI is InChI=1S/C20H25N3O4S/c1-27-16-7-5-14(6-8-16)9-11-21-20(24)19-17-3-2-4-18(17)22-23(19)15-10-12-28(25,26)13-15/h5-8,15H,2-4,9-13H2,1H3,(H,21,24)/t15-/m0/s1. The topological polar surface area (TPSA) is 90.3 Å². The van der Waals surface area contributed by atoms with Crippen molar-refractivity contribution >= 4 is 15.7 Å². The number of aromatic nitrogens is 2. The zero-order valence-corrected chi connectivity index (χ0v) is 16.8. The number of ether oxygens (including phenoxy) is 1. The second kappa shape index (κ2) is 7.58. The minimum atomic E-state index is -3.04. The highest BCUT2D eigenvalue weighted by atomic mass is 32.2. The number of rotatable bonds is 6. The summed E-state index contributed by atoms with van der Waals surface area (Å²) in [6, 6.07) is 7.53. The number of aryl methyl sites for hydroxylation is 1. The molecule has 2 aromatic rings. The Bertz CT molecular complexity index is 980. The summed E-state index contributed by atoms with van der Waals surface area (Å²) < 4.78 is 30.6. The molecule has 150 valence electrons. The van der Waals surface area contributed by atoms with Crippen molar-refractivity contribution in [3.63, 3.8) is 0 Å². The van der Waals surface area contributed by atoms with E-state index in [0.717, 1.165) is 41.8 Å². The maximum absolute atomic E-state index is 13.0. The molecule has 1 aromatic heterocycles. The number of nitrogens with one attached hydrogen (secondary N) is 1. The van der Waals surface area contributed by atoms with Crippen molar-refractivity contribution in [1.29, 1.82) is 0 Å². The Morgan fingerprint density at radius 2 is 2.07 bits per heavy atom. The van der Waals surface area contributed by atoms with E-state index in [4.69, 9.17) is 4.74 Å². The van der Waals surface area contributed by atoms with Crippen LogP contribution in [0.4, 0.5) is 0 Å². The van der Waals surface area contributed by atoms with Crippen LogP contribution in [0.15, 0.2) is 24.3 Å². The van der Waals surface area contributed by atoms with Crippen molar-refractivity contribution in [3.05, 3.63) is 46.8 Å². The third-order valence-electron chi connectivity index (χ3n) is 5.56. The van der Waals surface area contributed by atoms with Gasteiger partial charge in [0, 0.05) is 12.1 Å². The van der Waals surface area contributed by atoms with Crippen molar-refractivity contribution in [1.82, 2.24) is 15.1 Å². The van der Waals surface area contributed by atoms with Gasteiger partial charge in [0.05, 0.1) is 30.4 Å². The average molecular weight is 404 g/mol. The van der Waals surface area contributed by atoms with Gasteiger partial charge < -0.3 is 10.1 Å². The fourth-order valence-corrected chi connectivity index (χ4v) is 5.77. The van der Waals surface area contributed by atoms with E-state index in [-0.39, 0.29) is 23.5 Å². The lowest BCUT2D eigenvalue weighted by molar-refractivity contribution is 0.0940. The van der Waals surface area contributed by atoms with Gasteiger partial charge in [0.25, 0.3) is 5.91 Å². The Kier molecular flexibility index (Phi) is 5.14.